The molecule has 0 spiro atoms. The summed E-state index contributed by atoms with van der Waals surface area (Å²) in [5.41, 5.74) is -1.45. The van der Waals surface area contributed by atoms with Crippen molar-refractivity contribution in [2.75, 3.05) is 32.9 Å². The van der Waals surface area contributed by atoms with E-state index in [9.17, 15) is 22.8 Å². The third-order valence-corrected chi connectivity index (χ3v) is 3.73. The molecule has 1 saturated heterocycles. The maximum absolute atomic E-state index is 12.6. The fourth-order valence-corrected chi connectivity index (χ4v) is 2.68. The van der Waals surface area contributed by atoms with E-state index in [0.717, 1.165) is 0 Å². The fourth-order valence-electron chi connectivity index (χ4n) is 2.68. The van der Waals surface area contributed by atoms with Crippen LogP contribution in [-0.4, -0.2) is 61.3 Å². The molecule has 0 amide bonds. The monoisotopic (exact) mass is 295 g/mol. The number of morpholine rings is 1. The van der Waals surface area contributed by atoms with Crippen LogP contribution in [0.1, 0.15) is 13.3 Å². The maximum Gasteiger partial charge on any atom is 0.450 e. The number of halogens is 3. The van der Waals surface area contributed by atoms with Crippen LogP contribution in [0.3, 0.4) is 0 Å². The largest absolute Gasteiger partial charge is 0.465 e. The molecule has 2 rings (SSSR count). The number of hydrogen-bond donors (Lipinski definition) is 0. The summed E-state index contributed by atoms with van der Waals surface area (Å²) in [5.74, 6) is -3.96. The lowest BCUT2D eigenvalue weighted by atomic mass is 10.1. The smallest absolute Gasteiger partial charge is 0.450 e. The quantitative estimate of drug-likeness (QED) is 0.717. The summed E-state index contributed by atoms with van der Waals surface area (Å²) in [6.07, 6.45) is -5.06. The van der Waals surface area contributed by atoms with Gasteiger partial charge in [-0.05, 0) is 13.3 Å². The molecule has 0 N–H and O–H groups in total. The van der Waals surface area contributed by atoms with Gasteiger partial charge in [0.2, 0.25) is 5.78 Å². The molecule has 0 aromatic heterocycles. The predicted octanol–water partition coefficient (Wildman–Crippen LogP) is 0.772. The average Bonchev–Trinajstić information content (AvgIpc) is 3.14. The van der Waals surface area contributed by atoms with Crippen LogP contribution in [0, 0.1) is 5.92 Å². The Balaban J connectivity index is 2.20. The van der Waals surface area contributed by atoms with Crippen molar-refractivity contribution in [1.29, 1.82) is 0 Å². The molecule has 0 aromatic carbocycles. The molecule has 0 bridgehead atoms. The van der Waals surface area contributed by atoms with Gasteiger partial charge in [0.15, 0.2) is 0 Å². The predicted molar refractivity (Wildman–Crippen MR) is 60.9 cm³/mol. The zero-order valence-electron chi connectivity index (χ0n) is 11.0. The molecular formula is C12H16F3NO4. The van der Waals surface area contributed by atoms with E-state index in [1.165, 1.54) is 0 Å². The average molecular weight is 295 g/mol. The number of ether oxygens (including phenoxy) is 2. The van der Waals surface area contributed by atoms with Gasteiger partial charge in [-0.25, -0.2) is 0 Å². The topological polar surface area (TPSA) is 55.8 Å². The number of carbonyl (C=O) groups is 2. The van der Waals surface area contributed by atoms with Gasteiger partial charge >= 0.3 is 12.1 Å². The molecule has 1 aliphatic heterocycles. The SMILES string of the molecule is CCOC(=O)C1(N2CCOCC2)CC1C(=O)C(F)(F)F. The summed E-state index contributed by atoms with van der Waals surface area (Å²) in [6, 6.07) is 0. The molecule has 5 nitrogen and oxygen atoms in total. The van der Waals surface area contributed by atoms with Gasteiger partial charge in [-0.2, -0.15) is 13.2 Å². The van der Waals surface area contributed by atoms with E-state index in [0.29, 0.717) is 26.3 Å². The Hall–Kier alpha value is -1.15. The van der Waals surface area contributed by atoms with Crippen LogP contribution in [0.15, 0.2) is 0 Å². The van der Waals surface area contributed by atoms with E-state index in [1.807, 2.05) is 0 Å². The first kappa shape index (κ1) is 15.2. The standard InChI is InChI=1S/C12H16F3NO4/c1-2-20-10(18)11(16-3-5-19-6-4-16)7-8(11)9(17)12(13,14)15/h8H,2-7H2,1H3. The highest BCUT2D eigenvalue weighted by Gasteiger charge is 2.71. The Kier molecular flexibility index (Phi) is 4.06. The minimum absolute atomic E-state index is 0.0673. The van der Waals surface area contributed by atoms with Gasteiger partial charge in [0.05, 0.1) is 25.7 Å². The third-order valence-electron chi connectivity index (χ3n) is 3.73. The van der Waals surface area contributed by atoms with Crippen LogP contribution in [0.2, 0.25) is 0 Å². The molecule has 2 fully saturated rings. The van der Waals surface area contributed by atoms with Crippen LogP contribution >= 0.6 is 0 Å². The lowest BCUT2D eigenvalue weighted by molar-refractivity contribution is -0.176. The second kappa shape index (κ2) is 5.33. The van der Waals surface area contributed by atoms with Crippen LogP contribution in [-0.2, 0) is 19.1 Å². The van der Waals surface area contributed by atoms with Gasteiger partial charge in [0.25, 0.3) is 0 Å². The highest BCUT2D eigenvalue weighted by molar-refractivity contribution is 6.00. The van der Waals surface area contributed by atoms with Crippen LogP contribution in [0.25, 0.3) is 0 Å². The molecule has 8 heteroatoms. The summed E-state index contributed by atoms with van der Waals surface area (Å²) in [5, 5.41) is 0. The number of Topliss-reactive ketones (excluding diaryl/α,β-unsaturated/α-hetero) is 1. The third kappa shape index (κ3) is 2.54. The normalized spacial score (nSPS) is 30.9. The Labute approximate surface area is 114 Å². The van der Waals surface area contributed by atoms with Crippen molar-refractivity contribution in [2.45, 2.75) is 25.1 Å². The molecule has 0 aromatic rings. The number of carbonyl (C=O) groups excluding carboxylic acids is 2. The number of hydrogen-bond acceptors (Lipinski definition) is 5. The van der Waals surface area contributed by atoms with Crippen molar-refractivity contribution >= 4 is 11.8 Å². The molecule has 2 atom stereocenters. The summed E-state index contributed by atoms with van der Waals surface area (Å²) in [6.45, 7) is 2.94. The minimum atomic E-state index is -4.93. The van der Waals surface area contributed by atoms with Crippen molar-refractivity contribution in [1.82, 2.24) is 4.90 Å². The molecule has 1 heterocycles. The number of esters is 1. The Morgan fingerprint density at radius 3 is 2.45 bits per heavy atom. The Morgan fingerprint density at radius 1 is 1.35 bits per heavy atom. The van der Waals surface area contributed by atoms with E-state index in [2.05, 4.69) is 0 Å². The molecule has 114 valence electrons. The maximum atomic E-state index is 12.6. The Morgan fingerprint density at radius 2 is 1.95 bits per heavy atom. The van der Waals surface area contributed by atoms with Crippen molar-refractivity contribution in [3.05, 3.63) is 0 Å². The molecular weight excluding hydrogens is 279 g/mol. The Bertz CT molecular complexity index is 406. The van der Waals surface area contributed by atoms with E-state index in [1.54, 1.807) is 11.8 Å². The second-order valence-electron chi connectivity index (χ2n) is 4.86. The summed E-state index contributed by atoms with van der Waals surface area (Å²) >= 11 is 0. The van der Waals surface area contributed by atoms with E-state index < -0.39 is 29.4 Å². The van der Waals surface area contributed by atoms with Gasteiger partial charge < -0.3 is 9.47 Å². The number of alkyl halides is 3. The van der Waals surface area contributed by atoms with E-state index >= 15 is 0 Å². The van der Waals surface area contributed by atoms with Crippen molar-refractivity contribution in [3.8, 4) is 0 Å². The first-order chi connectivity index (χ1) is 9.34. The summed E-state index contributed by atoms with van der Waals surface area (Å²) < 4.78 is 47.7. The lowest BCUT2D eigenvalue weighted by Gasteiger charge is -2.34. The molecule has 1 saturated carbocycles. The van der Waals surface area contributed by atoms with E-state index in [-0.39, 0.29) is 13.0 Å². The van der Waals surface area contributed by atoms with Crippen LogP contribution in [0.4, 0.5) is 13.2 Å². The molecule has 0 radical (unpaired) electrons. The zero-order chi connectivity index (χ0) is 15.0. The highest BCUT2D eigenvalue weighted by Crippen LogP contribution is 2.52. The highest BCUT2D eigenvalue weighted by atomic mass is 19.4. The van der Waals surface area contributed by atoms with Gasteiger partial charge in [0, 0.05) is 13.1 Å². The first-order valence-electron chi connectivity index (χ1n) is 6.45. The summed E-state index contributed by atoms with van der Waals surface area (Å²) in [4.78, 5) is 25.0. The van der Waals surface area contributed by atoms with Crippen LogP contribution < -0.4 is 0 Å². The molecule has 1 aliphatic carbocycles. The van der Waals surface area contributed by atoms with Crippen molar-refractivity contribution in [2.24, 2.45) is 5.92 Å². The second-order valence-corrected chi connectivity index (χ2v) is 4.86. The number of ketones is 1. The number of nitrogens with zero attached hydrogens (tertiary/aromatic N) is 1. The van der Waals surface area contributed by atoms with Gasteiger partial charge in [0.1, 0.15) is 5.54 Å². The lowest BCUT2D eigenvalue weighted by Crippen LogP contribution is -2.52. The fraction of sp³-hybridized carbons (Fsp3) is 0.833. The molecule has 20 heavy (non-hydrogen) atoms. The van der Waals surface area contributed by atoms with Crippen molar-refractivity contribution < 1.29 is 32.2 Å². The number of rotatable bonds is 4. The molecule has 2 aliphatic rings. The van der Waals surface area contributed by atoms with E-state index in [4.69, 9.17) is 9.47 Å². The van der Waals surface area contributed by atoms with Gasteiger partial charge in [-0.3, -0.25) is 14.5 Å². The minimum Gasteiger partial charge on any atom is -0.465 e. The first-order valence-corrected chi connectivity index (χ1v) is 6.45. The van der Waals surface area contributed by atoms with Gasteiger partial charge in [-0.1, -0.05) is 0 Å². The van der Waals surface area contributed by atoms with Crippen LogP contribution in [0.5, 0.6) is 0 Å². The van der Waals surface area contributed by atoms with Gasteiger partial charge in [-0.15, -0.1) is 0 Å². The molecule has 2 unspecified atom stereocenters. The van der Waals surface area contributed by atoms with Crippen molar-refractivity contribution in [3.63, 3.8) is 0 Å². The zero-order valence-corrected chi connectivity index (χ0v) is 11.0. The summed E-state index contributed by atoms with van der Waals surface area (Å²) in [7, 11) is 0.